The summed E-state index contributed by atoms with van der Waals surface area (Å²) >= 11 is 3.38. The molecule has 9 heteroatoms. The quantitative estimate of drug-likeness (QED) is 0.287. The van der Waals surface area contributed by atoms with E-state index in [1.54, 1.807) is 49.4 Å². The van der Waals surface area contributed by atoms with E-state index in [0.29, 0.717) is 12.2 Å². The molecule has 1 atom stereocenters. The second kappa shape index (κ2) is 13.6. The van der Waals surface area contributed by atoms with Gasteiger partial charge in [0.2, 0.25) is 11.8 Å². The highest BCUT2D eigenvalue weighted by molar-refractivity contribution is 9.10. The molecule has 202 valence electrons. The van der Waals surface area contributed by atoms with Crippen LogP contribution in [0, 0.1) is 6.92 Å². The predicted octanol–water partition coefficient (Wildman–Crippen LogP) is 5.29. The molecular weight excluding hydrogens is 566 g/mol. The van der Waals surface area contributed by atoms with E-state index in [-0.39, 0.29) is 17.3 Å². The van der Waals surface area contributed by atoms with Crippen molar-refractivity contribution in [3.05, 3.63) is 94.5 Å². The Kier molecular flexibility index (Phi) is 10.5. The summed E-state index contributed by atoms with van der Waals surface area (Å²) in [6, 6.07) is 21.6. The molecule has 1 unspecified atom stereocenters. The van der Waals surface area contributed by atoms with Crippen molar-refractivity contribution in [3.8, 4) is 0 Å². The van der Waals surface area contributed by atoms with Gasteiger partial charge in [0.25, 0.3) is 10.0 Å². The van der Waals surface area contributed by atoms with Gasteiger partial charge in [0.05, 0.1) is 10.6 Å². The van der Waals surface area contributed by atoms with Crippen LogP contribution in [-0.2, 0) is 26.2 Å². The van der Waals surface area contributed by atoms with Crippen molar-refractivity contribution in [1.82, 2.24) is 10.2 Å². The molecule has 38 heavy (non-hydrogen) atoms. The Morgan fingerprint density at radius 2 is 1.66 bits per heavy atom. The monoisotopic (exact) mass is 599 g/mol. The third-order valence-corrected chi connectivity index (χ3v) is 8.47. The van der Waals surface area contributed by atoms with E-state index in [2.05, 4.69) is 21.2 Å². The lowest BCUT2D eigenvalue weighted by Gasteiger charge is -2.32. The van der Waals surface area contributed by atoms with E-state index in [1.165, 1.54) is 17.0 Å². The summed E-state index contributed by atoms with van der Waals surface area (Å²) in [5.74, 6) is -0.757. The predicted molar refractivity (Wildman–Crippen MR) is 154 cm³/mol. The van der Waals surface area contributed by atoms with Crippen LogP contribution in [0.1, 0.15) is 37.8 Å². The van der Waals surface area contributed by atoms with Gasteiger partial charge in [-0.1, -0.05) is 77.3 Å². The number of rotatable bonds is 12. The normalized spacial score (nSPS) is 12.0. The summed E-state index contributed by atoms with van der Waals surface area (Å²) in [4.78, 5) is 28.4. The molecule has 0 aliphatic heterocycles. The number of anilines is 1. The summed E-state index contributed by atoms with van der Waals surface area (Å²) < 4.78 is 29.3. The third-order valence-electron chi connectivity index (χ3n) is 6.16. The first-order chi connectivity index (χ1) is 18.1. The van der Waals surface area contributed by atoms with E-state index in [9.17, 15) is 18.0 Å². The lowest BCUT2D eigenvalue weighted by atomic mass is 10.1. The molecule has 0 fully saturated rings. The summed E-state index contributed by atoms with van der Waals surface area (Å²) in [6.07, 6.45) is 1.76. The standard InChI is InChI=1S/C29H34BrN3O4S/c1-4-5-18-31-29(35)23(3)32(20-24-11-9-10-22(2)19-24)28(34)21-33(26-16-14-25(30)15-17-26)38(36,37)27-12-7-6-8-13-27/h6-17,19,23H,4-5,18,20-21H2,1-3H3,(H,31,35). The van der Waals surface area contributed by atoms with Crippen molar-refractivity contribution >= 4 is 43.5 Å². The minimum Gasteiger partial charge on any atom is -0.354 e. The summed E-state index contributed by atoms with van der Waals surface area (Å²) in [5.41, 5.74) is 2.23. The summed E-state index contributed by atoms with van der Waals surface area (Å²) in [6.45, 7) is 5.88. The molecule has 0 aliphatic rings. The second-order valence-electron chi connectivity index (χ2n) is 9.13. The Bertz CT molecular complexity index is 1330. The third kappa shape index (κ3) is 7.68. The number of benzene rings is 3. The molecule has 3 rings (SSSR count). The van der Waals surface area contributed by atoms with Crippen LogP contribution in [0.3, 0.4) is 0 Å². The number of nitrogens with zero attached hydrogens (tertiary/aromatic N) is 2. The first kappa shape index (κ1) is 29.4. The van der Waals surface area contributed by atoms with Crippen molar-refractivity contribution in [2.75, 3.05) is 17.4 Å². The number of sulfonamides is 1. The number of hydrogen-bond donors (Lipinski definition) is 1. The Morgan fingerprint density at radius 1 is 0.974 bits per heavy atom. The van der Waals surface area contributed by atoms with Gasteiger partial charge in [-0.3, -0.25) is 13.9 Å². The fourth-order valence-corrected chi connectivity index (χ4v) is 5.68. The Hall–Kier alpha value is -3.17. The average molecular weight is 601 g/mol. The lowest BCUT2D eigenvalue weighted by Crippen LogP contribution is -2.51. The van der Waals surface area contributed by atoms with Gasteiger partial charge in [-0.25, -0.2) is 8.42 Å². The van der Waals surface area contributed by atoms with Crippen LogP contribution in [0.2, 0.25) is 0 Å². The van der Waals surface area contributed by atoms with Crippen LogP contribution in [0.4, 0.5) is 5.69 Å². The topological polar surface area (TPSA) is 86.8 Å². The number of amides is 2. The van der Waals surface area contributed by atoms with Crippen molar-refractivity contribution < 1.29 is 18.0 Å². The smallest absolute Gasteiger partial charge is 0.264 e. The number of unbranched alkanes of at least 4 members (excludes halogenated alkanes) is 1. The zero-order valence-corrected chi connectivity index (χ0v) is 24.3. The Balaban J connectivity index is 1.98. The molecule has 1 N–H and O–H groups in total. The lowest BCUT2D eigenvalue weighted by molar-refractivity contribution is -0.139. The van der Waals surface area contributed by atoms with Crippen LogP contribution in [0.15, 0.2) is 88.2 Å². The Labute approximate surface area is 234 Å². The van der Waals surface area contributed by atoms with Gasteiger partial charge in [0, 0.05) is 17.6 Å². The molecular formula is C29H34BrN3O4S. The maximum absolute atomic E-state index is 13.9. The Morgan fingerprint density at radius 3 is 2.29 bits per heavy atom. The maximum Gasteiger partial charge on any atom is 0.264 e. The molecule has 0 saturated heterocycles. The van der Waals surface area contributed by atoms with E-state index in [1.807, 2.05) is 38.1 Å². The van der Waals surface area contributed by atoms with Crippen molar-refractivity contribution in [2.45, 2.75) is 51.1 Å². The van der Waals surface area contributed by atoms with Gasteiger partial charge < -0.3 is 10.2 Å². The fraction of sp³-hybridized carbons (Fsp3) is 0.310. The molecule has 0 heterocycles. The molecule has 0 radical (unpaired) electrons. The molecule has 0 bridgehead atoms. The van der Waals surface area contributed by atoms with Crippen molar-refractivity contribution in [2.24, 2.45) is 0 Å². The number of aryl methyl sites for hydroxylation is 1. The molecule has 0 spiro atoms. The van der Waals surface area contributed by atoms with Gasteiger partial charge in [-0.2, -0.15) is 0 Å². The molecule has 0 aromatic heterocycles. The van der Waals surface area contributed by atoms with Gasteiger partial charge >= 0.3 is 0 Å². The highest BCUT2D eigenvalue weighted by atomic mass is 79.9. The van der Waals surface area contributed by atoms with Crippen LogP contribution >= 0.6 is 15.9 Å². The molecule has 7 nitrogen and oxygen atoms in total. The minimum absolute atomic E-state index is 0.0753. The van der Waals surface area contributed by atoms with E-state index < -0.39 is 28.5 Å². The van der Waals surface area contributed by atoms with Gasteiger partial charge in [0.15, 0.2) is 0 Å². The van der Waals surface area contributed by atoms with Gasteiger partial charge in [-0.15, -0.1) is 0 Å². The molecule has 2 amide bonds. The average Bonchev–Trinajstić information content (AvgIpc) is 2.91. The highest BCUT2D eigenvalue weighted by Crippen LogP contribution is 2.26. The van der Waals surface area contributed by atoms with Crippen molar-refractivity contribution in [3.63, 3.8) is 0 Å². The molecule has 3 aromatic rings. The van der Waals surface area contributed by atoms with Crippen LogP contribution in [-0.4, -0.2) is 44.3 Å². The van der Waals surface area contributed by atoms with E-state index in [4.69, 9.17) is 0 Å². The molecule has 3 aromatic carbocycles. The van der Waals surface area contributed by atoms with Crippen LogP contribution in [0.5, 0.6) is 0 Å². The number of carbonyl (C=O) groups is 2. The van der Waals surface area contributed by atoms with Crippen LogP contribution < -0.4 is 9.62 Å². The van der Waals surface area contributed by atoms with E-state index in [0.717, 1.165) is 32.7 Å². The largest absolute Gasteiger partial charge is 0.354 e. The number of hydrogen-bond acceptors (Lipinski definition) is 4. The number of nitrogens with one attached hydrogen (secondary N) is 1. The first-order valence-corrected chi connectivity index (χ1v) is 14.8. The fourth-order valence-electron chi connectivity index (χ4n) is 3.98. The highest BCUT2D eigenvalue weighted by Gasteiger charge is 2.32. The zero-order chi connectivity index (χ0) is 27.7. The summed E-state index contributed by atoms with van der Waals surface area (Å²) in [5, 5.41) is 2.89. The zero-order valence-electron chi connectivity index (χ0n) is 21.9. The van der Waals surface area contributed by atoms with Crippen LogP contribution in [0.25, 0.3) is 0 Å². The second-order valence-corrected chi connectivity index (χ2v) is 11.9. The molecule has 0 aliphatic carbocycles. The first-order valence-electron chi connectivity index (χ1n) is 12.6. The van der Waals surface area contributed by atoms with Gasteiger partial charge in [0.1, 0.15) is 12.6 Å². The maximum atomic E-state index is 13.9. The van der Waals surface area contributed by atoms with Gasteiger partial charge in [-0.05, 0) is 62.2 Å². The van der Waals surface area contributed by atoms with E-state index >= 15 is 0 Å². The minimum atomic E-state index is -4.07. The van der Waals surface area contributed by atoms with Crippen molar-refractivity contribution in [1.29, 1.82) is 0 Å². The molecule has 0 saturated carbocycles. The summed E-state index contributed by atoms with van der Waals surface area (Å²) in [7, 11) is -4.07. The number of halogens is 1. The number of carbonyl (C=O) groups excluding carboxylic acids is 2. The SMILES string of the molecule is CCCCNC(=O)C(C)N(Cc1cccc(C)c1)C(=O)CN(c1ccc(Br)cc1)S(=O)(=O)c1ccccc1.